The van der Waals surface area contributed by atoms with Gasteiger partial charge in [0.05, 0.1) is 17.0 Å². The van der Waals surface area contributed by atoms with Crippen LogP contribution in [0.15, 0.2) is 28.2 Å². The number of rotatable bonds is 4. The molecule has 1 aliphatic heterocycles. The minimum Gasteiger partial charge on any atom is -0.480 e. The van der Waals surface area contributed by atoms with E-state index in [1.165, 1.54) is 22.5 Å². The smallest absolute Gasteiger partial charge is 0.326 e. The predicted molar refractivity (Wildman–Crippen MR) is 87.5 cm³/mol. The maximum atomic E-state index is 12.6. The minimum absolute atomic E-state index is 0.0814. The second kappa shape index (κ2) is 6.05. The summed E-state index contributed by atoms with van der Waals surface area (Å²) in [4.78, 5) is 31.1. The minimum atomic E-state index is -0.892. The number of carboxylic acid groups (broad SMARTS) is 1. The highest BCUT2D eigenvalue weighted by Crippen LogP contribution is 2.42. The number of fused-ring (bicyclic) bond motifs is 1. The molecule has 2 fully saturated rings. The first-order chi connectivity index (χ1) is 11.6. The molecule has 0 radical (unpaired) electrons. The number of carbonyl (C=O) groups is 2. The molecule has 3 atom stereocenters. The first kappa shape index (κ1) is 15.4. The maximum absolute atomic E-state index is 12.6. The molecular formula is C17H18N2O4S. The number of nitrogens with zero attached hydrogens (tertiary/aromatic N) is 2. The van der Waals surface area contributed by atoms with E-state index in [0.717, 1.165) is 24.1 Å². The van der Waals surface area contributed by atoms with Gasteiger partial charge in [0.1, 0.15) is 12.3 Å². The zero-order valence-corrected chi connectivity index (χ0v) is 13.9. The summed E-state index contributed by atoms with van der Waals surface area (Å²) in [6.45, 7) is 0.552. The molecule has 1 saturated carbocycles. The summed E-state index contributed by atoms with van der Waals surface area (Å²) >= 11 is 1.52. The molecule has 24 heavy (non-hydrogen) atoms. The lowest BCUT2D eigenvalue weighted by Crippen LogP contribution is -2.44. The Labute approximate surface area is 143 Å². The van der Waals surface area contributed by atoms with Crippen molar-refractivity contribution in [3.05, 3.63) is 29.5 Å². The zero-order valence-electron chi connectivity index (χ0n) is 13.1. The van der Waals surface area contributed by atoms with Crippen molar-refractivity contribution in [1.82, 2.24) is 9.88 Å². The van der Waals surface area contributed by atoms with Crippen LogP contribution in [-0.4, -0.2) is 39.5 Å². The van der Waals surface area contributed by atoms with Gasteiger partial charge in [-0.1, -0.05) is 12.5 Å². The van der Waals surface area contributed by atoms with Gasteiger partial charge in [-0.05, 0) is 36.1 Å². The van der Waals surface area contributed by atoms with Crippen LogP contribution < -0.4 is 0 Å². The van der Waals surface area contributed by atoms with E-state index in [9.17, 15) is 14.7 Å². The van der Waals surface area contributed by atoms with Crippen molar-refractivity contribution in [1.29, 1.82) is 0 Å². The molecule has 0 aromatic carbocycles. The Morgan fingerprint density at radius 2 is 2.29 bits per heavy atom. The number of likely N-dealkylation sites (tertiary alicyclic amines) is 1. The largest absolute Gasteiger partial charge is 0.480 e. The lowest BCUT2D eigenvalue weighted by molar-refractivity contribution is -0.149. The SMILES string of the molecule is O=C(O)C1C2CCCC2CN1C(=O)Cc1coc(-c2cccs2)n1. The van der Waals surface area contributed by atoms with Crippen molar-refractivity contribution in [2.75, 3.05) is 6.54 Å². The van der Waals surface area contributed by atoms with Gasteiger partial charge in [0.2, 0.25) is 11.8 Å². The molecule has 2 aromatic heterocycles. The van der Waals surface area contributed by atoms with Gasteiger partial charge in [0.15, 0.2) is 0 Å². The zero-order chi connectivity index (χ0) is 16.7. The third-order valence-corrected chi connectivity index (χ3v) is 5.94. The fourth-order valence-electron chi connectivity index (χ4n) is 4.04. The van der Waals surface area contributed by atoms with Crippen molar-refractivity contribution in [3.63, 3.8) is 0 Å². The van der Waals surface area contributed by atoms with Crippen LogP contribution in [0.3, 0.4) is 0 Å². The van der Waals surface area contributed by atoms with Gasteiger partial charge in [0, 0.05) is 6.54 Å². The Hall–Kier alpha value is -2.15. The molecule has 6 nitrogen and oxygen atoms in total. The fourth-order valence-corrected chi connectivity index (χ4v) is 4.69. The van der Waals surface area contributed by atoms with Gasteiger partial charge in [-0.25, -0.2) is 9.78 Å². The molecule has 4 rings (SSSR count). The molecular weight excluding hydrogens is 328 g/mol. The van der Waals surface area contributed by atoms with E-state index in [1.54, 1.807) is 0 Å². The molecule has 1 amide bonds. The highest BCUT2D eigenvalue weighted by Gasteiger charge is 2.49. The van der Waals surface area contributed by atoms with E-state index < -0.39 is 12.0 Å². The van der Waals surface area contributed by atoms with Crippen LogP contribution in [0.4, 0.5) is 0 Å². The number of hydrogen-bond acceptors (Lipinski definition) is 5. The van der Waals surface area contributed by atoms with Crippen LogP contribution >= 0.6 is 11.3 Å². The summed E-state index contributed by atoms with van der Waals surface area (Å²) in [6, 6.07) is 3.13. The summed E-state index contributed by atoms with van der Waals surface area (Å²) < 4.78 is 5.43. The van der Waals surface area contributed by atoms with Gasteiger partial charge in [-0.3, -0.25) is 4.79 Å². The van der Waals surface area contributed by atoms with Crippen molar-refractivity contribution in [3.8, 4) is 10.8 Å². The van der Waals surface area contributed by atoms with E-state index in [2.05, 4.69) is 4.98 Å². The van der Waals surface area contributed by atoms with Gasteiger partial charge < -0.3 is 14.4 Å². The Balaban J connectivity index is 1.49. The van der Waals surface area contributed by atoms with Crippen LogP contribution in [0.25, 0.3) is 10.8 Å². The number of thiophene rings is 1. The third kappa shape index (κ3) is 2.62. The lowest BCUT2D eigenvalue weighted by Gasteiger charge is -2.24. The number of aliphatic carboxylic acids is 1. The van der Waals surface area contributed by atoms with Crippen molar-refractivity contribution >= 4 is 23.2 Å². The molecule has 7 heteroatoms. The Morgan fingerprint density at radius 3 is 3.04 bits per heavy atom. The van der Waals surface area contributed by atoms with Crippen LogP contribution in [0, 0.1) is 11.8 Å². The van der Waals surface area contributed by atoms with Crippen LogP contribution in [0.1, 0.15) is 25.0 Å². The number of carboxylic acids is 1. The number of amides is 1. The van der Waals surface area contributed by atoms with Crippen LogP contribution in [-0.2, 0) is 16.0 Å². The molecule has 0 bridgehead atoms. The summed E-state index contributed by atoms with van der Waals surface area (Å²) in [6.07, 6.45) is 4.55. The summed E-state index contributed by atoms with van der Waals surface area (Å²) in [7, 11) is 0. The van der Waals surface area contributed by atoms with E-state index >= 15 is 0 Å². The monoisotopic (exact) mass is 346 g/mol. The normalized spacial score (nSPS) is 25.8. The second-order valence-electron chi connectivity index (χ2n) is 6.48. The second-order valence-corrected chi connectivity index (χ2v) is 7.43. The molecule has 0 spiro atoms. The highest BCUT2D eigenvalue weighted by atomic mass is 32.1. The van der Waals surface area contributed by atoms with E-state index in [4.69, 9.17) is 4.42 Å². The summed E-state index contributed by atoms with van der Waals surface area (Å²) in [5.41, 5.74) is 0.546. The Morgan fingerprint density at radius 1 is 1.42 bits per heavy atom. The average molecular weight is 346 g/mol. The molecule has 3 heterocycles. The highest BCUT2D eigenvalue weighted by molar-refractivity contribution is 7.13. The van der Waals surface area contributed by atoms with Crippen molar-refractivity contribution in [2.24, 2.45) is 11.8 Å². The van der Waals surface area contributed by atoms with Gasteiger partial charge in [-0.2, -0.15) is 0 Å². The van der Waals surface area contributed by atoms with Gasteiger partial charge in [-0.15, -0.1) is 11.3 Å². The van der Waals surface area contributed by atoms with Crippen molar-refractivity contribution in [2.45, 2.75) is 31.7 Å². The van der Waals surface area contributed by atoms with E-state index in [1.807, 2.05) is 17.5 Å². The van der Waals surface area contributed by atoms with Crippen LogP contribution in [0.5, 0.6) is 0 Å². The molecule has 126 valence electrons. The molecule has 3 unspecified atom stereocenters. The lowest BCUT2D eigenvalue weighted by atomic mass is 9.94. The quantitative estimate of drug-likeness (QED) is 0.920. The summed E-state index contributed by atoms with van der Waals surface area (Å²) in [5, 5.41) is 11.5. The molecule has 1 saturated heterocycles. The van der Waals surface area contributed by atoms with Crippen LogP contribution in [0.2, 0.25) is 0 Å². The number of carbonyl (C=O) groups excluding carboxylic acids is 1. The predicted octanol–water partition coefficient (Wildman–Crippen LogP) is 2.66. The van der Waals surface area contributed by atoms with E-state index in [-0.39, 0.29) is 18.2 Å². The van der Waals surface area contributed by atoms with E-state index in [0.29, 0.717) is 24.0 Å². The fraction of sp³-hybridized carbons (Fsp3) is 0.471. The maximum Gasteiger partial charge on any atom is 0.326 e. The molecule has 2 aliphatic rings. The number of hydrogen-bond donors (Lipinski definition) is 1. The Kier molecular flexibility index (Phi) is 3.88. The third-order valence-electron chi connectivity index (χ3n) is 5.08. The average Bonchev–Trinajstić information content (AvgIpc) is 3.30. The number of oxazole rings is 1. The first-order valence-corrected chi connectivity index (χ1v) is 9.02. The number of aromatic nitrogens is 1. The molecule has 1 N–H and O–H groups in total. The van der Waals surface area contributed by atoms with Gasteiger partial charge in [0.25, 0.3) is 0 Å². The Bertz CT molecular complexity index is 754. The molecule has 2 aromatic rings. The summed E-state index contributed by atoms with van der Waals surface area (Å²) in [5.74, 6) is -0.139. The standard InChI is InChI=1S/C17H18N2O4S/c20-14(7-11-9-23-16(18-11)13-5-2-6-24-13)19-8-10-3-1-4-12(10)15(19)17(21)22/h2,5-6,9-10,12,15H,1,3-4,7-8H2,(H,21,22). The topological polar surface area (TPSA) is 83.6 Å². The van der Waals surface area contributed by atoms with Gasteiger partial charge >= 0.3 is 5.97 Å². The molecule has 1 aliphatic carbocycles. The van der Waals surface area contributed by atoms with Crippen molar-refractivity contribution < 1.29 is 19.1 Å². The first-order valence-electron chi connectivity index (χ1n) is 8.14.